The maximum Gasteiger partial charge on any atom is 0.124 e. The molecule has 27 heavy (non-hydrogen) atoms. The molecule has 2 heterocycles. The first-order valence-electron chi connectivity index (χ1n) is 9.17. The highest BCUT2D eigenvalue weighted by atomic mass is 16.5. The van der Waals surface area contributed by atoms with Crippen molar-refractivity contribution in [3.05, 3.63) is 64.3 Å². The molecule has 1 aliphatic rings. The van der Waals surface area contributed by atoms with Gasteiger partial charge in [-0.2, -0.15) is 5.26 Å². The van der Waals surface area contributed by atoms with Crippen LogP contribution in [0.3, 0.4) is 0 Å². The lowest BCUT2D eigenvalue weighted by molar-refractivity contribution is 0.155. The largest absolute Gasteiger partial charge is 0.496 e. The number of fused-ring (bicyclic) bond motifs is 2. The molecule has 138 valence electrons. The van der Waals surface area contributed by atoms with E-state index in [2.05, 4.69) is 35.0 Å². The van der Waals surface area contributed by atoms with Crippen LogP contribution in [0.25, 0.3) is 10.9 Å². The quantitative estimate of drug-likeness (QED) is 0.725. The predicted molar refractivity (Wildman–Crippen MR) is 104 cm³/mol. The SMILES string of the molecule is COc1cc(C)c2[nH]ccc2c1C(CCO)N1Cc2ccc(C#N)cc2C1. The standard InChI is InChI=1S/C22H23N3O2/c1-14-9-20(27-2)21(18-5-7-24-22(14)18)19(6-8-26)25-12-16-4-3-15(11-23)10-17(16)13-25/h3-5,7,9-10,19,24,26H,6,8,12-13H2,1-2H3. The number of nitrogens with one attached hydrogen (secondary N) is 1. The molecule has 4 rings (SSSR count). The van der Waals surface area contributed by atoms with Crippen LogP contribution < -0.4 is 4.74 Å². The van der Waals surface area contributed by atoms with Gasteiger partial charge in [0.05, 0.1) is 18.7 Å². The smallest absolute Gasteiger partial charge is 0.124 e. The Morgan fingerprint density at radius 1 is 1.26 bits per heavy atom. The first-order valence-corrected chi connectivity index (χ1v) is 9.17. The molecule has 1 unspecified atom stereocenters. The lowest BCUT2D eigenvalue weighted by Crippen LogP contribution is -2.25. The van der Waals surface area contributed by atoms with Gasteiger partial charge in [-0.1, -0.05) is 6.07 Å². The molecular formula is C22H23N3O2. The Morgan fingerprint density at radius 2 is 2.07 bits per heavy atom. The third-order valence-electron chi connectivity index (χ3n) is 5.52. The molecule has 2 N–H and O–H groups in total. The molecule has 2 aromatic carbocycles. The van der Waals surface area contributed by atoms with Crippen molar-refractivity contribution >= 4 is 10.9 Å². The number of rotatable bonds is 5. The molecule has 0 saturated heterocycles. The Balaban J connectivity index is 1.79. The van der Waals surface area contributed by atoms with E-state index < -0.39 is 0 Å². The Bertz CT molecular complexity index is 1030. The zero-order chi connectivity index (χ0) is 19.0. The van der Waals surface area contributed by atoms with Crippen LogP contribution in [-0.2, 0) is 13.1 Å². The van der Waals surface area contributed by atoms with E-state index in [0.717, 1.165) is 40.9 Å². The molecule has 5 nitrogen and oxygen atoms in total. The number of nitrogens with zero attached hydrogens (tertiary/aromatic N) is 2. The molecule has 0 aliphatic carbocycles. The number of aromatic amines is 1. The molecule has 0 saturated carbocycles. The normalized spacial score (nSPS) is 14.9. The van der Waals surface area contributed by atoms with Gasteiger partial charge in [0.25, 0.3) is 0 Å². The fraction of sp³-hybridized carbons (Fsp3) is 0.318. The highest BCUT2D eigenvalue weighted by Gasteiger charge is 2.30. The Morgan fingerprint density at radius 3 is 2.81 bits per heavy atom. The highest BCUT2D eigenvalue weighted by molar-refractivity contribution is 5.88. The van der Waals surface area contributed by atoms with E-state index in [9.17, 15) is 10.4 Å². The molecular weight excluding hydrogens is 338 g/mol. The first-order chi connectivity index (χ1) is 13.2. The van der Waals surface area contributed by atoms with E-state index >= 15 is 0 Å². The van der Waals surface area contributed by atoms with Crippen LogP contribution in [0.1, 0.15) is 40.3 Å². The first kappa shape index (κ1) is 17.6. The number of aromatic nitrogens is 1. The lowest BCUT2D eigenvalue weighted by atomic mass is 9.95. The summed E-state index contributed by atoms with van der Waals surface area (Å²) in [6, 6.07) is 12.3. The Kier molecular flexibility index (Phi) is 4.61. The molecule has 0 spiro atoms. The average molecular weight is 361 g/mol. The fourth-order valence-electron chi connectivity index (χ4n) is 4.25. The topological polar surface area (TPSA) is 72.3 Å². The Labute approximate surface area is 158 Å². The van der Waals surface area contributed by atoms with Gasteiger partial charge in [0, 0.05) is 48.4 Å². The van der Waals surface area contributed by atoms with Crippen molar-refractivity contribution in [3.63, 3.8) is 0 Å². The number of hydrogen-bond donors (Lipinski definition) is 2. The number of hydrogen-bond acceptors (Lipinski definition) is 4. The van der Waals surface area contributed by atoms with E-state index in [1.165, 1.54) is 11.1 Å². The molecule has 0 radical (unpaired) electrons. The summed E-state index contributed by atoms with van der Waals surface area (Å²) in [7, 11) is 1.70. The summed E-state index contributed by atoms with van der Waals surface area (Å²) >= 11 is 0. The molecule has 3 aromatic rings. The summed E-state index contributed by atoms with van der Waals surface area (Å²) in [5, 5.41) is 20.1. The lowest BCUT2D eigenvalue weighted by Gasteiger charge is -2.29. The Hall–Kier alpha value is -2.81. The fourth-order valence-corrected chi connectivity index (χ4v) is 4.25. The summed E-state index contributed by atoms with van der Waals surface area (Å²) in [5.74, 6) is 0.853. The van der Waals surface area contributed by atoms with Crippen molar-refractivity contribution in [1.29, 1.82) is 5.26 Å². The van der Waals surface area contributed by atoms with Crippen molar-refractivity contribution in [1.82, 2.24) is 9.88 Å². The molecule has 1 aliphatic heterocycles. The van der Waals surface area contributed by atoms with E-state index in [0.29, 0.717) is 12.0 Å². The van der Waals surface area contributed by atoms with Crippen molar-refractivity contribution in [2.75, 3.05) is 13.7 Å². The van der Waals surface area contributed by atoms with Crippen LogP contribution >= 0.6 is 0 Å². The van der Waals surface area contributed by atoms with Gasteiger partial charge >= 0.3 is 0 Å². The van der Waals surface area contributed by atoms with Crippen molar-refractivity contribution in [2.24, 2.45) is 0 Å². The minimum atomic E-state index is 0.0294. The molecule has 1 aromatic heterocycles. The molecule has 0 fully saturated rings. The number of ether oxygens (including phenoxy) is 1. The number of benzene rings is 2. The monoisotopic (exact) mass is 361 g/mol. The molecule has 0 bridgehead atoms. The van der Waals surface area contributed by atoms with Gasteiger partial charge in [-0.3, -0.25) is 4.90 Å². The zero-order valence-corrected chi connectivity index (χ0v) is 15.6. The number of methoxy groups -OCH3 is 1. The van der Waals surface area contributed by atoms with Gasteiger partial charge in [-0.05, 0) is 54.3 Å². The van der Waals surface area contributed by atoms with E-state index in [4.69, 9.17) is 4.74 Å². The minimum Gasteiger partial charge on any atom is -0.496 e. The molecule has 1 atom stereocenters. The van der Waals surface area contributed by atoms with Crippen molar-refractivity contribution in [2.45, 2.75) is 32.5 Å². The van der Waals surface area contributed by atoms with Gasteiger partial charge in [0.15, 0.2) is 0 Å². The summed E-state index contributed by atoms with van der Waals surface area (Å²) in [6.07, 6.45) is 2.58. The second-order valence-corrected chi connectivity index (χ2v) is 7.10. The maximum absolute atomic E-state index is 9.78. The van der Waals surface area contributed by atoms with Crippen LogP contribution in [0.4, 0.5) is 0 Å². The summed E-state index contributed by atoms with van der Waals surface area (Å²) in [5.41, 5.74) is 6.48. The number of nitriles is 1. The van der Waals surface area contributed by atoms with Crippen LogP contribution in [0.5, 0.6) is 5.75 Å². The second-order valence-electron chi connectivity index (χ2n) is 7.10. The second kappa shape index (κ2) is 7.07. The van der Waals surface area contributed by atoms with Crippen LogP contribution in [0.2, 0.25) is 0 Å². The number of aliphatic hydroxyl groups is 1. The van der Waals surface area contributed by atoms with Crippen molar-refractivity contribution in [3.8, 4) is 11.8 Å². The van der Waals surface area contributed by atoms with Gasteiger partial charge in [0.1, 0.15) is 5.75 Å². The minimum absolute atomic E-state index is 0.0294. The van der Waals surface area contributed by atoms with Crippen LogP contribution in [0, 0.1) is 18.3 Å². The van der Waals surface area contributed by atoms with Gasteiger partial charge in [-0.15, -0.1) is 0 Å². The van der Waals surface area contributed by atoms with Crippen LogP contribution in [0.15, 0.2) is 36.5 Å². The predicted octanol–water partition coefficient (Wildman–Crippen LogP) is 3.80. The number of H-pyrrole nitrogens is 1. The van der Waals surface area contributed by atoms with Gasteiger partial charge in [0.2, 0.25) is 0 Å². The summed E-state index contributed by atoms with van der Waals surface area (Å²) < 4.78 is 5.74. The van der Waals surface area contributed by atoms with E-state index in [1.54, 1.807) is 7.11 Å². The average Bonchev–Trinajstić information content (AvgIpc) is 3.33. The maximum atomic E-state index is 9.78. The van der Waals surface area contributed by atoms with Gasteiger partial charge < -0.3 is 14.8 Å². The van der Waals surface area contributed by atoms with E-state index in [-0.39, 0.29) is 12.6 Å². The summed E-state index contributed by atoms with van der Waals surface area (Å²) in [6.45, 7) is 3.73. The van der Waals surface area contributed by atoms with E-state index in [1.807, 2.05) is 24.4 Å². The molecule has 5 heteroatoms. The summed E-state index contributed by atoms with van der Waals surface area (Å²) in [4.78, 5) is 5.69. The van der Waals surface area contributed by atoms with Crippen molar-refractivity contribution < 1.29 is 9.84 Å². The van der Waals surface area contributed by atoms with Gasteiger partial charge in [-0.25, -0.2) is 0 Å². The van der Waals surface area contributed by atoms with Crippen LogP contribution in [-0.4, -0.2) is 28.7 Å². The number of aryl methyl sites for hydroxylation is 1. The highest BCUT2D eigenvalue weighted by Crippen LogP contribution is 2.42. The third-order valence-corrected chi connectivity index (χ3v) is 5.52. The third kappa shape index (κ3) is 2.97. The number of aliphatic hydroxyl groups excluding tert-OH is 1. The zero-order valence-electron chi connectivity index (χ0n) is 15.6. The molecule has 0 amide bonds.